The van der Waals surface area contributed by atoms with E-state index in [4.69, 9.17) is 0 Å². The van der Waals surface area contributed by atoms with Crippen LogP contribution in [0.5, 0.6) is 0 Å². The highest BCUT2D eigenvalue weighted by atomic mass is 16.2. The Bertz CT molecular complexity index is 788. The van der Waals surface area contributed by atoms with Crippen LogP contribution >= 0.6 is 0 Å². The molecule has 0 bridgehead atoms. The Balaban J connectivity index is 1.92. The number of rotatable bonds is 4. The van der Waals surface area contributed by atoms with Crippen molar-refractivity contribution in [3.05, 3.63) is 41.7 Å². The zero-order valence-corrected chi connectivity index (χ0v) is 14.7. The summed E-state index contributed by atoms with van der Waals surface area (Å²) in [5.41, 5.74) is 0.396. The molecule has 3 rings (SSSR count). The van der Waals surface area contributed by atoms with Crippen molar-refractivity contribution < 1.29 is 9.59 Å². The first-order chi connectivity index (χ1) is 11.9. The maximum Gasteiger partial charge on any atom is 0.269 e. The number of likely N-dealkylation sites (tertiary alicyclic amines) is 1. The van der Waals surface area contributed by atoms with Gasteiger partial charge < -0.3 is 10.2 Å². The fourth-order valence-electron chi connectivity index (χ4n) is 3.27. The molecule has 0 aliphatic carbocycles. The minimum atomic E-state index is -0.626. The number of hydrogen-bond donors (Lipinski definition) is 1. The van der Waals surface area contributed by atoms with E-state index in [0.29, 0.717) is 23.8 Å². The third-order valence-corrected chi connectivity index (χ3v) is 4.59. The van der Waals surface area contributed by atoms with Crippen molar-refractivity contribution in [1.29, 1.82) is 0 Å². The van der Waals surface area contributed by atoms with Gasteiger partial charge in [-0.05, 0) is 38.8 Å². The topological polar surface area (TPSA) is 93.0 Å². The first-order valence-corrected chi connectivity index (χ1v) is 8.30. The maximum atomic E-state index is 12.8. The summed E-state index contributed by atoms with van der Waals surface area (Å²) in [4.78, 5) is 35.5. The van der Waals surface area contributed by atoms with E-state index in [9.17, 15) is 9.59 Å². The standard InChI is InChI=1S/C17H22N6O2/c1-12-10-13(15(25)18-3)21-16(20-12)17(2)6-4-9-23(17)14(24)11-22-8-5-7-19-22/h5,7-8,10H,4,6,9,11H2,1-3H3,(H,18,25)/t17-/m1/s1. The van der Waals surface area contributed by atoms with Crippen molar-refractivity contribution >= 4 is 11.8 Å². The molecule has 132 valence electrons. The van der Waals surface area contributed by atoms with E-state index in [1.165, 1.54) is 0 Å². The fraction of sp³-hybridized carbons (Fsp3) is 0.471. The zero-order valence-electron chi connectivity index (χ0n) is 14.7. The molecule has 8 heteroatoms. The number of carbonyl (C=O) groups is 2. The van der Waals surface area contributed by atoms with E-state index >= 15 is 0 Å². The molecular weight excluding hydrogens is 320 g/mol. The summed E-state index contributed by atoms with van der Waals surface area (Å²) in [5, 5.41) is 6.68. The van der Waals surface area contributed by atoms with Gasteiger partial charge in [0, 0.05) is 31.7 Å². The van der Waals surface area contributed by atoms with Crippen LogP contribution in [0, 0.1) is 6.92 Å². The van der Waals surface area contributed by atoms with Crippen LogP contribution in [0.15, 0.2) is 24.5 Å². The van der Waals surface area contributed by atoms with Gasteiger partial charge in [0.25, 0.3) is 5.91 Å². The zero-order chi connectivity index (χ0) is 18.0. The summed E-state index contributed by atoms with van der Waals surface area (Å²) in [6.45, 7) is 4.61. The van der Waals surface area contributed by atoms with Crippen molar-refractivity contribution in [3.63, 3.8) is 0 Å². The van der Waals surface area contributed by atoms with E-state index < -0.39 is 5.54 Å². The number of hydrogen-bond acceptors (Lipinski definition) is 5. The van der Waals surface area contributed by atoms with Crippen LogP contribution in [0.4, 0.5) is 0 Å². The van der Waals surface area contributed by atoms with Gasteiger partial charge in [-0.25, -0.2) is 9.97 Å². The highest BCUT2D eigenvalue weighted by Gasteiger charge is 2.43. The molecule has 0 aromatic carbocycles. The van der Waals surface area contributed by atoms with Crippen LogP contribution in [-0.2, 0) is 16.9 Å². The van der Waals surface area contributed by atoms with Gasteiger partial charge in [0.15, 0.2) is 5.82 Å². The van der Waals surface area contributed by atoms with E-state index in [0.717, 1.165) is 12.8 Å². The molecule has 25 heavy (non-hydrogen) atoms. The van der Waals surface area contributed by atoms with E-state index in [1.54, 1.807) is 41.2 Å². The third-order valence-electron chi connectivity index (χ3n) is 4.59. The second kappa shape index (κ2) is 6.62. The van der Waals surface area contributed by atoms with Crippen molar-refractivity contribution in [2.24, 2.45) is 0 Å². The molecule has 1 atom stereocenters. The van der Waals surface area contributed by atoms with Gasteiger partial charge >= 0.3 is 0 Å². The molecule has 1 N–H and O–H groups in total. The number of amides is 2. The van der Waals surface area contributed by atoms with Crippen molar-refractivity contribution in [2.45, 2.75) is 38.8 Å². The van der Waals surface area contributed by atoms with Crippen LogP contribution in [0.2, 0.25) is 0 Å². The Kier molecular flexibility index (Phi) is 4.52. The predicted octanol–water partition coefficient (Wildman–Crippen LogP) is 0.879. The monoisotopic (exact) mass is 342 g/mol. The van der Waals surface area contributed by atoms with Gasteiger partial charge in [-0.2, -0.15) is 5.10 Å². The van der Waals surface area contributed by atoms with Crippen LogP contribution in [0.25, 0.3) is 0 Å². The molecule has 2 aromatic heterocycles. The number of aryl methyl sites for hydroxylation is 1. The lowest BCUT2D eigenvalue weighted by Gasteiger charge is -2.34. The molecule has 1 saturated heterocycles. The molecule has 1 fully saturated rings. The maximum absolute atomic E-state index is 12.8. The largest absolute Gasteiger partial charge is 0.354 e. The minimum absolute atomic E-state index is 0.0321. The Labute approximate surface area is 146 Å². The van der Waals surface area contributed by atoms with E-state index in [-0.39, 0.29) is 18.4 Å². The highest BCUT2D eigenvalue weighted by molar-refractivity contribution is 5.92. The molecule has 0 spiro atoms. The highest BCUT2D eigenvalue weighted by Crippen LogP contribution is 2.37. The fourth-order valence-corrected chi connectivity index (χ4v) is 3.27. The number of carbonyl (C=O) groups excluding carboxylic acids is 2. The van der Waals surface area contributed by atoms with Gasteiger partial charge in [0.05, 0.1) is 5.54 Å². The lowest BCUT2D eigenvalue weighted by Crippen LogP contribution is -2.45. The second-order valence-corrected chi connectivity index (χ2v) is 6.42. The van der Waals surface area contributed by atoms with Gasteiger partial charge in [-0.1, -0.05) is 0 Å². The Hall–Kier alpha value is -2.77. The summed E-state index contributed by atoms with van der Waals surface area (Å²) in [6, 6.07) is 3.44. The smallest absolute Gasteiger partial charge is 0.269 e. The predicted molar refractivity (Wildman–Crippen MR) is 90.7 cm³/mol. The second-order valence-electron chi connectivity index (χ2n) is 6.42. The number of aromatic nitrogens is 4. The van der Waals surface area contributed by atoms with Crippen LogP contribution in [-0.4, -0.2) is 50.1 Å². The Morgan fingerprint density at radius 1 is 1.36 bits per heavy atom. The number of nitrogens with one attached hydrogen (secondary N) is 1. The van der Waals surface area contributed by atoms with E-state index in [1.807, 2.05) is 13.8 Å². The molecular formula is C17H22N6O2. The average Bonchev–Trinajstić information content (AvgIpc) is 3.23. The molecule has 3 heterocycles. The third kappa shape index (κ3) is 3.24. The van der Waals surface area contributed by atoms with Gasteiger partial charge in [-0.3, -0.25) is 14.3 Å². The quantitative estimate of drug-likeness (QED) is 0.890. The first-order valence-electron chi connectivity index (χ1n) is 8.30. The van der Waals surface area contributed by atoms with Crippen molar-refractivity contribution in [1.82, 2.24) is 30.0 Å². The molecule has 2 aromatic rings. The summed E-state index contributed by atoms with van der Waals surface area (Å²) in [7, 11) is 1.57. The summed E-state index contributed by atoms with van der Waals surface area (Å²) >= 11 is 0. The summed E-state index contributed by atoms with van der Waals surface area (Å²) in [6.07, 6.45) is 5.04. The van der Waals surface area contributed by atoms with Gasteiger partial charge in [0.1, 0.15) is 12.2 Å². The minimum Gasteiger partial charge on any atom is -0.354 e. The Morgan fingerprint density at radius 2 is 2.16 bits per heavy atom. The van der Waals surface area contributed by atoms with Crippen LogP contribution in [0.3, 0.4) is 0 Å². The van der Waals surface area contributed by atoms with Crippen molar-refractivity contribution in [2.75, 3.05) is 13.6 Å². The van der Waals surface area contributed by atoms with Crippen molar-refractivity contribution in [3.8, 4) is 0 Å². The van der Waals surface area contributed by atoms with Gasteiger partial charge in [-0.15, -0.1) is 0 Å². The Morgan fingerprint density at radius 3 is 2.84 bits per heavy atom. The SMILES string of the molecule is CNC(=O)c1cc(C)nc([C@@]2(C)CCCN2C(=O)Cn2cccn2)n1. The normalized spacial score (nSPS) is 19.9. The van der Waals surface area contributed by atoms with E-state index in [2.05, 4.69) is 20.4 Å². The summed E-state index contributed by atoms with van der Waals surface area (Å²) in [5.74, 6) is 0.218. The lowest BCUT2D eigenvalue weighted by molar-refractivity contribution is -0.136. The summed E-state index contributed by atoms with van der Waals surface area (Å²) < 4.78 is 1.61. The molecule has 2 amide bonds. The molecule has 0 unspecified atom stereocenters. The average molecular weight is 342 g/mol. The lowest BCUT2D eigenvalue weighted by atomic mass is 9.97. The molecule has 8 nitrogen and oxygen atoms in total. The van der Waals surface area contributed by atoms with Gasteiger partial charge in [0.2, 0.25) is 5.91 Å². The molecule has 0 radical (unpaired) electrons. The molecule has 1 aliphatic rings. The van der Waals surface area contributed by atoms with Crippen LogP contribution in [0.1, 0.15) is 41.8 Å². The molecule has 1 aliphatic heterocycles. The first kappa shape index (κ1) is 17.1. The van der Waals surface area contributed by atoms with Crippen LogP contribution < -0.4 is 5.32 Å². The number of nitrogens with zero attached hydrogens (tertiary/aromatic N) is 5. The molecule has 0 saturated carbocycles.